The molecule has 0 fully saturated rings. The van der Waals surface area contributed by atoms with Crippen molar-refractivity contribution in [2.24, 2.45) is 0 Å². The lowest BCUT2D eigenvalue weighted by Crippen LogP contribution is -2.09. The predicted octanol–water partition coefficient (Wildman–Crippen LogP) is 2.60. The Hall–Kier alpha value is -2.14. The van der Waals surface area contributed by atoms with Gasteiger partial charge in [0.1, 0.15) is 12.4 Å². The van der Waals surface area contributed by atoms with E-state index in [1.54, 1.807) is 42.7 Å². The van der Waals surface area contributed by atoms with Gasteiger partial charge in [-0.05, 0) is 42.3 Å². The zero-order valence-electron chi connectivity index (χ0n) is 10.9. The van der Waals surface area contributed by atoms with E-state index in [2.05, 4.69) is 4.98 Å². The van der Waals surface area contributed by atoms with Crippen LogP contribution in [0.4, 0.5) is 0 Å². The molecule has 2 aromatic rings. The molecule has 2 heterocycles. The Kier molecular flexibility index (Phi) is 3.06. The zero-order valence-corrected chi connectivity index (χ0v) is 11.7. The van der Waals surface area contributed by atoms with Crippen molar-refractivity contribution in [3.05, 3.63) is 58.8 Å². The third-order valence-electron chi connectivity index (χ3n) is 3.24. The second-order valence-electron chi connectivity index (χ2n) is 4.58. The highest BCUT2D eigenvalue weighted by Crippen LogP contribution is 2.34. The lowest BCUT2D eigenvalue weighted by molar-refractivity contribution is 0.357. The van der Waals surface area contributed by atoms with E-state index in [1.165, 1.54) is 0 Å². The van der Waals surface area contributed by atoms with E-state index in [9.17, 15) is 8.42 Å². The molecule has 1 aliphatic heterocycles. The van der Waals surface area contributed by atoms with E-state index in [-0.39, 0.29) is 11.5 Å². The number of aromatic nitrogens is 1. The lowest BCUT2D eigenvalue weighted by Gasteiger charge is -2.06. The van der Waals surface area contributed by atoms with Gasteiger partial charge in [0.25, 0.3) is 0 Å². The summed E-state index contributed by atoms with van der Waals surface area (Å²) in [5.41, 5.74) is 1.71. The lowest BCUT2D eigenvalue weighted by atomic mass is 10.1. The average molecular weight is 287 g/mol. The molecular weight excluding hydrogens is 274 g/mol. The molecule has 0 aliphatic carbocycles. The Morgan fingerprint density at radius 2 is 2.05 bits per heavy atom. The van der Waals surface area contributed by atoms with Crippen molar-refractivity contribution >= 4 is 15.9 Å². The molecule has 20 heavy (non-hydrogen) atoms. The Balaban J connectivity index is 1.89. The second-order valence-corrected chi connectivity index (χ2v) is 6.55. The van der Waals surface area contributed by atoms with Crippen LogP contribution in [0.2, 0.25) is 0 Å². The van der Waals surface area contributed by atoms with Crippen LogP contribution in [0.5, 0.6) is 5.75 Å². The Morgan fingerprint density at radius 1 is 1.20 bits per heavy atom. The standard InChI is InChI=1S/C15H13NO3S/c1-11-4-2-6-15-14(11)8-13(20(15,17)18)10-19-12-5-3-7-16-9-12/h2-9H,10H2,1H3. The van der Waals surface area contributed by atoms with Crippen LogP contribution in [0.15, 0.2) is 52.5 Å². The highest BCUT2D eigenvalue weighted by Gasteiger charge is 2.30. The van der Waals surface area contributed by atoms with Gasteiger partial charge in [0.15, 0.2) is 0 Å². The van der Waals surface area contributed by atoms with Crippen LogP contribution in [0.3, 0.4) is 0 Å². The number of rotatable bonds is 3. The molecule has 0 unspecified atom stereocenters. The summed E-state index contributed by atoms with van der Waals surface area (Å²) in [6.45, 7) is 1.91. The number of ether oxygens (including phenoxy) is 1. The van der Waals surface area contributed by atoms with E-state index in [0.717, 1.165) is 11.1 Å². The number of hydrogen-bond donors (Lipinski definition) is 0. The molecule has 0 N–H and O–H groups in total. The number of pyridine rings is 1. The van der Waals surface area contributed by atoms with Crippen molar-refractivity contribution in [2.75, 3.05) is 6.61 Å². The van der Waals surface area contributed by atoms with Gasteiger partial charge < -0.3 is 4.74 Å². The first-order chi connectivity index (χ1) is 9.59. The number of aryl methyl sites for hydroxylation is 1. The first kappa shape index (κ1) is 12.9. The van der Waals surface area contributed by atoms with Crippen molar-refractivity contribution < 1.29 is 13.2 Å². The highest BCUT2D eigenvalue weighted by atomic mass is 32.2. The minimum Gasteiger partial charge on any atom is -0.487 e. The molecule has 0 saturated carbocycles. The van der Waals surface area contributed by atoms with Gasteiger partial charge in [-0.3, -0.25) is 4.98 Å². The topological polar surface area (TPSA) is 56.3 Å². The van der Waals surface area contributed by atoms with Gasteiger partial charge in [0.05, 0.1) is 16.0 Å². The number of sulfone groups is 1. The third kappa shape index (κ3) is 2.10. The van der Waals surface area contributed by atoms with Crippen molar-refractivity contribution in [3.63, 3.8) is 0 Å². The molecule has 5 heteroatoms. The van der Waals surface area contributed by atoms with Gasteiger partial charge in [0, 0.05) is 6.20 Å². The Bertz CT molecular complexity index is 780. The molecule has 0 amide bonds. The summed E-state index contributed by atoms with van der Waals surface area (Å²) >= 11 is 0. The maximum atomic E-state index is 12.4. The first-order valence-corrected chi connectivity index (χ1v) is 7.65. The van der Waals surface area contributed by atoms with Gasteiger partial charge in [-0.25, -0.2) is 8.42 Å². The summed E-state index contributed by atoms with van der Waals surface area (Å²) in [6, 6.07) is 8.77. The van der Waals surface area contributed by atoms with Crippen molar-refractivity contribution in [1.82, 2.24) is 4.98 Å². The van der Waals surface area contributed by atoms with Gasteiger partial charge in [0.2, 0.25) is 9.84 Å². The summed E-state index contributed by atoms with van der Waals surface area (Å²) in [7, 11) is -3.42. The van der Waals surface area contributed by atoms with Crippen LogP contribution >= 0.6 is 0 Å². The maximum absolute atomic E-state index is 12.4. The molecular formula is C15H13NO3S. The Morgan fingerprint density at radius 3 is 2.75 bits per heavy atom. The highest BCUT2D eigenvalue weighted by molar-refractivity contribution is 7.95. The van der Waals surface area contributed by atoms with Crippen LogP contribution < -0.4 is 4.74 Å². The first-order valence-electron chi connectivity index (χ1n) is 6.17. The molecule has 0 bridgehead atoms. The van der Waals surface area contributed by atoms with Crippen LogP contribution in [0.1, 0.15) is 11.1 Å². The van der Waals surface area contributed by atoms with Crippen molar-refractivity contribution in [3.8, 4) is 5.75 Å². The fourth-order valence-corrected chi connectivity index (χ4v) is 3.70. The van der Waals surface area contributed by atoms with Crippen LogP contribution in [0, 0.1) is 6.92 Å². The number of benzene rings is 1. The van der Waals surface area contributed by atoms with Crippen LogP contribution in [-0.4, -0.2) is 20.0 Å². The third-order valence-corrected chi connectivity index (χ3v) is 5.10. The quantitative estimate of drug-likeness (QED) is 0.870. The minimum atomic E-state index is -3.42. The molecule has 3 rings (SSSR count). The zero-order chi connectivity index (χ0) is 14.2. The smallest absolute Gasteiger partial charge is 0.206 e. The average Bonchev–Trinajstić information content (AvgIpc) is 2.71. The molecule has 1 aromatic carbocycles. The Labute approximate surface area is 117 Å². The van der Waals surface area contributed by atoms with Gasteiger partial charge in [-0.1, -0.05) is 12.1 Å². The molecule has 0 saturated heterocycles. The van der Waals surface area contributed by atoms with Crippen LogP contribution in [-0.2, 0) is 9.84 Å². The van der Waals surface area contributed by atoms with Gasteiger partial charge >= 0.3 is 0 Å². The van der Waals surface area contributed by atoms with E-state index < -0.39 is 9.84 Å². The molecule has 102 valence electrons. The fraction of sp³-hybridized carbons (Fsp3) is 0.133. The fourth-order valence-electron chi connectivity index (χ4n) is 2.16. The minimum absolute atomic E-state index is 0.0160. The predicted molar refractivity (Wildman–Crippen MR) is 76.1 cm³/mol. The summed E-state index contributed by atoms with van der Waals surface area (Å²) < 4.78 is 30.3. The summed E-state index contributed by atoms with van der Waals surface area (Å²) in [4.78, 5) is 4.57. The maximum Gasteiger partial charge on any atom is 0.206 e. The summed E-state index contributed by atoms with van der Waals surface area (Å²) in [5, 5.41) is 0. The number of hydrogen-bond acceptors (Lipinski definition) is 4. The van der Waals surface area contributed by atoms with Gasteiger partial charge in [-0.15, -0.1) is 0 Å². The number of nitrogens with zero attached hydrogens (tertiary/aromatic N) is 1. The molecule has 4 nitrogen and oxygen atoms in total. The number of fused-ring (bicyclic) bond motifs is 1. The van der Waals surface area contributed by atoms with Gasteiger partial charge in [-0.2, -0.15) is 0 Å². The molecule has 0 atom stereocenters. The molecule has 1 aromatic heterocycles. The van der Waals surface area contributed by atoms with Crippen molar-refractivity contribution in [2.45, 2.75) is 11.8 Å². The summed E-state index contributed by atoms with van der Waals surface area (Å²) in [6.07, 6.45) is 4.88. The largest absolute Gasteiger partial charge is 0.487 e. The van der Waals surface area contributed by atoms with E-state index >= 15 is 0 Å². The molecule has 0 spiro atoms. The van der Waals surface area contributed by atoms with Crippen LogP contribution in [0.25, 0.3) is 6.08 Å². The monoisotopic (exact) mass is 287 g/mol. The molecule has 0 radical (unpaired) electrons. The van der Waals surface area contributed by atoms with E-state index in [4.69, 9.17) is 4.74 Å². The SMILES string of the molecule is Cc1cccc2c1C=C(COc1cccnc1)S2(=O)=O. The molecule has 1 aliphatic rings. The van der Waals surface area contributed by atoms with E-state index in [1.807, 2.05) is 13.0 Å². The second kappa shape index (κ2) is 4.76. The summed E-state index contributed by atoms with van der Waals surface area (Å²) in [5.74, 6) is 0.552. The van der Waals surface area contributed by atoms with E-state index in [0.29, 0.717) is 10.6 Å². The normalized spacial score (nSPS) is 15.6. The van der Waals surface area contributed by atoms with Crippen molar-refractivity contribution in [1.29, 1.82) is 0 Å².